The van der Waals surface area contributed by atoms with Gasteiger partial charge in [-0.05, 0) is 61.2 Å². The lowest BCUT2D eigenvalue weighted by Gasteiger charge is -2.45. The fraction of sp³-hybridized carbons (Fsp3) is 0.629. The molecule has 0 saturated carbocycles. The first-order valence-electron chi connectivity index (χ1n) is 16.0. The van der Waals surface area contributed by atoms with E-state index in [4.69, 9.17) is 23.1 Å². The van der Waals surface area contributed by atoms with E-state index < -0.39 is 59.0 Å². The molecular weight excluding hydrogens is 603 g/mol. The van der Waals surface area contributed by atoms with E-state index in [0.717, 1.165) is 5.56 Å². The Labute approximate surface area is 273 Å². The quantitative estimate of drug-likeness (QED) is 0.223. The fourth-order valence-electron chi connectivity index (χ4n) is 4.70. The van der Waals surface area contributed by atoms with Gasteiger partial charge in [-0.1, -0.05) is 102 Å². The monoisotopic (exact) mass is 659 g/mol. The Bertz CT molecular complexity index is 1230. The van der Waals surface area contributed by atoms with Crippen LogP contribution in [0.2, 0.25) is 36.3 Å². The molecule has 1 saturated heterocycles. The van der Waals surface area contributed by atoms with Crippen LogP contribution in [0.4, 0.5) is 4.79 Å². The molecule has 2 aromatic carbocycles. The van der Waals surface area contributed by atoms with Crippen molar-refractivity contribution in [2.75, 3.05) is 6.61 Å². The van der Waals surface area contributed by atoms with Gasteiger partial charge in [0.05, 0.1) is 18.8 Å². The van der Waals surface area contributed by atoms with E-state index in [0.29, 0.717) is 5.56 Å². The molecule has 0 radical (unpaired) electrons. The Hall–Kier alpha value is -2.06. The second kappa shape index (κ2) is 14.4. The van der Waals surface area contributed by atoms with E-state index in [1.807, 2.05) is 74.5 Å². The summed E-state index contributed by atoms with van der Waals surface area (Å²) in [4.78, 5) is 13.5. The van der Waals surface area contributed by atoms with E-state index in [1.54, 1.807) is 0 Å². The van der Waals surface area contributed by atoms with Gasteiger partial charge in [0, 0.05) is 0 Å². The Kier molecular flexibility index (Phi) is 11.9. The summed E-state index contributed by atoms with van der Waals surface area (Å²) >= 11 is 0. The molecule has 1 aliphatic heterocycles. The molecule has 2 N–H and O–H groups in total. The molecule has 5 atom stereocenters. The molecular formula is C35H57NO7Si2. The lowest BCUT2D eigenvalue weighted by atomic mass is 9.94. The van der Waals surface area contributed by atoms with Crippen LogP contribution in [-0.2, 0) is 29.7 Å². The predicted octanol–water partition coefficient (Wildman–Crippen LogP) is 7.95. The Balaban J connectivity index is 2.05. The number of amides is 1. The number of ether oxygens (including phenoxy) is 3. The van der Waals surface area contributed by atoms with Gasteiger partial charge in [0.2, 0.25) is 0 Å². The molecule has 2 aromatic rings. The van der Waals surface area contributed by atoms with Crippen molar-refractivity contribution in [2.24, 2.45) is 0 Å². The highest BCUT2D eigenvalue weighted by molar-refractivity contribution is 6.74. The summed E-state index contributed by atoms with van der Waals surface area (Å²) in [5.41, 5.74) is 1.60. The molecule has 8 nitrogen and oxygen atoms in total. The van der Waals surface area contributed by atoms with Crippen LogP contribution in [0.1, 0.15) is 72.6 Å². The predicted molar refractivity (Wildman–Crippen MR) is 184 cm³/mol. The highest BCUT2D eigenvalue weighted by atomic mass is 28.4. The normalized spacial score (nSPS) is 21.2. The fourth-order valence-corrected chi connectivity index (χ4v) is 7.06. The number of benzene rings is 2. The number of aliphatic hydroxyl groups is 1. The van der Waals surface area contributed by atoms with Crippen molar-refractivity contribution in [3.05, 3.63) is 71.8 Å². The highest BCUT2D eigenvalue weighted by Crippen LogP contribution is 2.43. The first kappa shape index (κ1) is 37.4. The number of carbonyl (C=O) groups is 1. The van der Waals surface area contributed by atoms with Crippen molar-refractivity contribution >= 4 is 22.7 Å². The molecule has 1 aliphatic rings. The molecule has 1 amide bonds. The third-order valence-electron chi connectivity index (χ3n) is 9.52. The maximum Gasteiger partial charge on any atom is 0.407 e. The SMILES string of the molecule is CC1(C)O[C@@H]([C@H](O[Si](C)(C)C(C)(C)C)[C@@H](CO[Si](C)(C)C(C)(C)C)NC(=O)OCc2ccccc2)[C@@H]([C@@H](O)c2ccccc2)O1. The zero-order valence-electron chi connectivity index (χ0n) is 29.5. The van der Waals surface area contributed by atoms with Crippen LogP contribution < -0.4 is 5.32 Å². The zero-order chi connectivity index (χ0) is 33.8. The lowest BCUT2D eigenvalue weighted by molar-refractivity contribution is -0.161. The average Bonchev–Trinajstić information content (AvgIpc) is 3.27. The number of aliphatic hydroxyl groups excluding tert-OH is 1. The van der Waals surface area contributed by atoms with Crippen LogP contribution in [0.15, 0.2) is 60.7 Å². The molecule has 3 rings (SSSR count). The molecule has 0 spiro atoms. The van der Waals surface area contributed by atoms with Crippen LogP contribution in [0.3, 0.4) is 0 Å². The van der Waals surface area contributed by atoms with Crippen LogP contribution in [0, 0.1) is 0 Å². The van der Waals surface area contributed by atoms with Crippen molar-refractivity contribution in [3.8, 4) is 0 Å². The van der Waals surface area contributed by atoms with E-state index >= 15 is 0 Å². The second-order valence-corrected chi connectivity index (χ2v) is 25.2. The summed E-state index contributed by atoms with van der Waals surface area (Å²) < 4.78 is 32.6. The molecule has 1 fully saturated rings. The Morgan fingerprint density at radius 3 is 1.91 bits per heavy atom. The van der Waals surface area contributed by atoms with Crippen molar-refractivity contribution in [3.63, 3.8) is 0 Å². The van der Waals surface area contributed by atoms with Crippen molar-refractivity contribution in [1.29, 1.82) is 0 Å². The first-order chi connectivity index (χ1) is 20.6. The molecule has 0 unspecified atom stereocenters. The van der Waals surface area contributed by atoms with Crippen molar-refractivity contribution in [2.45, 2.75) is 135 Å². The standard InChI is InChI=1S/C35H57NO7Si2/c1-33(2,3)44(9,10)40-24-27(36-32(38)39-23-25-19-15-13-16-20-25)29(43-45(11,12)34(4,5)6)31-30(41-35(7,8)42-31)28(37)26-21-17-14-18-22-26/h13-22,27-31,37H,23-24H2,1-12H3,(H,36,38)/t27-,28+,29-,30-,31+/m1/s1. The van der Waals surface area contributed by atoms with E-state index in [9.17, 15) is 9.90 Å². The Morgan fingerprint density at radius 1 is 0.867 bits per heavy atom. The minimum atomic E-state index is -2.48. The molecule has 45 heavy (non-hydrogen) atoms. The van der Waals surface area contributed by atoms with E-state index in [-0.39, 0.29) is 23.3 Å². The van der Waals surface area contributed by atoms with Gasteiger partial charge in [-0.25, -0.2) is 4.79 Å². The smallest absolute Gasteiger partial charge is 0.407 e. The van der Waals surface area contributed by atoms with Gasteiger partial charge in [0.1, 0.15) is 24.9 Å². The number of hydrogen-bond donors (Lipinski definition) is 2. The third kappa shape index (κ3) is 9.97. The van der Waals surface area contributed by atoms with Crippen molar-refractivity contribution in [1.82, 2.24) is 5.32 Å². The van der Waals surface area contributed by atoms with Gasteiger partial charge in [-0.3, -0.25) is 0 Å². The number of alkyl carbamates (subject to hydrolysis) is 1. The van der Waals surface area contributed by atoms with Gasteiger partial charge in [0.25, 0.3) is 0 Å². The summed E-state index contributed by atoms with van der Waals surface area (Å²) in [6.45, 7) is 25.8. The van der Waals surface area contributed by atoms with Crippen LogP contribution >= 0.6 is 0 Å². The number of rotatable bonds is 12. The molecule has 10 heteroatoms. The van der Waals surface area contributed by atoms with Crippen LogP contribution in [-0.4, -0.2) is 64.6 Å². The van der Waals surface area contributed by atoms with Gasteiger partial charge < -0.3 is 33.5 Å². The number of carbonyl (C=O) groups excluding carboxylic acids is 1. The largest absolute Gasteiger partial charge is 0.445 e. The number of hydrogen-bond acceptors (Lipinski definition) is 7. The third-order valence-corrected chi connectivity index (χ3v) is 18.5. The van der Waals surface area contributed by atoms with Gasteiger partial charge in [-0.15, -0.1) is 0 Å². The zero-order valence-corrected chi connectivity index (χ0v) is 31.5. The number of nitrogens with one attached hydrogen (secondary N) is 1. The summed E-state index contributed by atoms with van der Waals surface area (Å²) in [6.07, 6.45) is -3.79. The molecule has 1 heterocycles. The van der Waals surface area contributed by atoms with Crippen LogP contribution in [0.5, 0.6) is 0 Å². The van der Waals surface area contributed by atoms with Gasteiger partial charge in [-0.2, -0.15) is 0 Å². The molecule has 0 bridgehead atoms. The minimum Gasteiger partial charge on any atom is -0.445 e. The maximum absolute atomic E-state index is 13.5. The lowest BCUT2D eigenvalue weighted by Crippen LogP contribution is -2.60. The summed E-state index contributed by atoms with van der Waals surface area (Å²) in [5.74, 6) is -1.00. The summed E-state index contributed by atoms with van der Waals surface area (Å²) in [5, 5.41) is 14.6. The van der Waals surface area contributed by atoms with Crippen LogP contribution in [0.25, 0.3) is 0 Å². The van der Waals surface area contributed by atoms with Gasteiger partial charge in [0.15, 0.2) is 22.4 Å². The van der Waals surface area contributed by atoms with Crippen molar-refractivity contribution < 1.29 is 33.0 Å². The highest BCUT2D eigenvalue weighted by Gasteiger charge is 2.54. The molecule has 252 valence electrons. The molecule has 0 aromatic heterocycles. The second-order valence-electron chi connectivity index (χ2n) is 15.6. The first-order valence-corrected chi connectivity index (χ1v) is 21.8. The van der Waals surface area contributed by atoms with E-state index in [1.165, 1.54) is 0 Å². The minimum absolute atomic E-state index is 0.0534. The molecule has 0 aliphatic carbocycles. The maximum atomic E-state index is 13.5. The Morgan fingerprint density at radius 2 is 1.38 bits per heavy atom. The topological polar surface area (TPSA) is 95.5 Å². The van der Waals surface area contributed by atoms with Gasteiger partial charge >= 0.3 is 6.09 Å². The average molecular weight is 660 g/mol. The summed E-state index contributed by atoms with van der Waals surface area (Å²) in [7, 11) is -4.72. The van der Waals surface area contributed by atoms with E-state index in [2.05, 4.69) is 73.0 Å². The summed E-state index contributed by atoms with van der Waals surface area (Å²) in [6, 6.07) is 18.3.